The molecule has 10 nitrogen and oxygen atoms in total. The van der Waals surface area contributed by atoms with Gasteiger partial charge in [0.15, 0.2) is 5.69 Å². The van der Waals surface area contributed by atoms with E-state index in [0.717, 1.165) is 9.77 Å². The second-order valence-electron chi connectivity index (χ2n) is 6.11. The van der Waals surface area contributed by atoms with Gasteiger partial charge in [0.25, 0.3) is 5.91 Å². The molecule has 0 aliphatic rings. The first-order chi connectivity index (χ1) is 15.0. The molecule has 0 aliphatic heterocycles. The minimum absolute atomic E-state index is 0.0336. The van der Waals surface area contributed by atoms with Gasteiger partial charge in [0.1, 0.15) is 0 Å². The molecule has 158 valence electrons. The van der Waals surface area contributed by atoms with Crippen molar-refractivity contribution in [1.29, 1.82) is 0 Å². The van der Waals surface area contributed by atoms with Crippen molar-refractivity contribution in [3.8, 4) is 5.82 Å². The fraction of sp³-hybridized carbons (Fsp3) is 0.111. The lowest BCUT2D eigenvalue weighted by Gasteiger charge is -2.06. The van der Waals surface area contributed by atoms with Gasteiger partial charge in [-0.2, -0.15) is 9.78 Å². The van der Waals surface area contributed by atoms with Crippen molar-refractivity contribution in [1.82, 2.24) is 30.7 Å². The Morgan fingerprint density at radius 2 is 2.10 bits per heavy atom. The number of nitrogens with zero attached hydrogens (tertiary/aromatic N) is 6. The Kier molecular flexibility index (Phi) is 6.30. The molecule has 0 atom stereocenters. The van der Waals surface area contributed by atoms with Gasteiger partial charge in [0.05, 0.1) is 20.6 Å². The number of nitrogens with one attached hydrogen (secondary N) is 1. The molecule has 0 bridgehead atoms. The summed E-state index contributed by atoms with van der Waals surface area (Å²) < 4.78 is 6.64. The first-order valence-corrected chi connectivity index (χ1v) is 11.0. The third-order valence-electron chi connectivity index (χ3n) is 4.05. The van der Waals surface area contributed by atoms with Gasteiger partial charge in [-0.1, -0.05) is 35.0 Å². The number of anilines is 1. The van der Waals surface area contributed by atoms with E-state index in [9.17, 15) is 4.79 Å². The van der Waals surface area contributed by atoms with Crippen LogP contribution >= 0.6 is 34.7 Å². The molecule has 0 saturated heterocycles. The zero-order valence-electron chi connectivity index (χ0n) is 16.0. The Balaban J connectivity index is 1.61. The predicted molar refractivity (Wildman–Crippen MR) is 119 cm³/mol. The maximum atomic E-state index is 12.8. The topological polar surface area (TPSA) is 137 Å². The molecule has 0 spiro atoms. The van der Waals surface area contributed by atoms with E-state index in [4.69, 9.17) is 17.3 Å². The third-order valence-corrected chi connectivity index (χ3v) is 6.41. The van der Waals surface area contributed by atoms with E-state index in [0.29, 0.717) is 21.5 Å². The van der Waals surface area contributed by atoms with Crippen LogP contribution in [0, 0.1) is 0 Å². The molecule has 13 heteroatoms. The smallest absolute Gasteiger partial charge is 0.293 e. The van der Waals surface area contributed by atoms with Gasteiger partial charge in [0.2, 0.25) is 11.6 Å². The molecule has 0 aliphatic carbocycles. The minimum Gasteiger partial charge on any atom is -0.378 e. The highest BCUT2D eigenvalue weighted by atomic mass is 35.5. The van der Waals surface area contributed by atoms with Gasteiger partial charge in [-0.05, 0) is 41.5 Å². The third kappa shape index (κ3) is 4.76. The Labute approximate surface area is 189 Å². The average molecular weight is 475 g/mol. The van der Waals surface area contributed by atoms with E-state index < -0.39 is 5.91 Å². The summed E-state index contributed by atoms with van der Waals surface area (Å²) in [4.78, 5) is 14.7. The largest absolute Gasteiger partial charge is 0.378 e. The van der Waals surface area contributed by atoms with E-state index in [-0.39, 0.29) is 17.3 Å². The van der Waals surface area contributed by atoms with Gasteiger partial charge in [-0.25, -0.2) is 10.1 Å². The van der Waals surface area contributed by atoms with Crippen LogP contribution in [0.15, 0.2) is 57.1 Å². The summed E-state index contributed by atoms with van der Waals surface area (Å²) in [6, 6.07) is 13.3. The molecule has 3 heterocycles. The standard InChI is InChI=1S/C18H15ClN8O2S2/c1-10(13-7-8-14(19)31-13)21-23-18(28)15-12(9-30-11-5-3-2-4-6-11)27(26-22-15)17-16(20)24-29-25-17/h2-8H,9H2,1H3,(H2,20,24)(H,23,28)/b21-10+. The number of benzene rings is 1. The zero-order valence-corrected chi connectivity index (χ0v) is 18.4. The highest BCUT2D eigenvalue weighted by Gasteiger charge is 2.24. The van der Waals surface area contributed by atoms with Gasteiger partial charge < -0.3 is 5.73 Å². The summed E-state index contributed by atoms with van der Waals surface area (Å²) in [6.45, 7) is 1.77. The summed E-state index contributed by atoms with van der Waals surface area (Å²) in [7, 11) is 0. The van der Waals surface area contributed by atoms with Crippen molar-refractivity contribution >= 4 is 52.1 Å². The van der Waals surface area contributed by atoms with Crippen LogP contribution < -0.4 is 11.2 Å². The number of nitrogens with two attached hydrogens (primary N) is 1. The van der Waals surface area contributed by atoms with Crippen molar-refractivity contribution in [3.05, 3.63) is 63.1 Å². The van der Waals surface area contributed by atoms with Crippen molar-refractivity contribution in [3.63, 3.8) is 0 Å². The van der Waals surface area contributed by atoms with E-state index >= 15 is 0 Å². The molecule has 3 N–H and O–H groups in total. The monoisotopic (exact) mass is 474 g/mol. The molecule has 0 radical (unpaired) electrons. The number of carbonyl (C=O) groups is 1. The van der Waals surface area contributed by atoms with Crippen LogP contribution in [0.2, 0.25) is 4.34 Å². The predicted octanol–water partition coefficient (Wildman–Crippen LogP) is 3.39. The zero-order chi connectivity index (χ0) is 21.8. The molecule has 1 aromatic carbocycles. The van der Waals surface area contributed by atoms with Crippen molar-refractivity contribution < 1.29 is 9.42 Å². The molecule has 4 rings (SSSR count). The van der Waals surface area contributed by atoms with Gasteiger partial charge in [-0.15, -0.1) is 28.2 Å². The van der Waals surface area contributed by atoms with E-state index in [1.807, 2.05) is 36.4 Å². The van der Waals surface area contributed by atoms with Crippen LogP contribution in [0.1, 0.15) is 28.0 Å². The highest BCUT2D eigenvalue weighted by molar-refractivity contribution is 7.98. The maximum Gasteiger partial charge on any atom is 0.293 e. The number of halogens is 1. The fourth-order valence-electron chi connectivity index (χ4n) is 2.54. The Bertz CT molecular complexity index is 1230. The lowest BCUT2D eigenvalue weighted by Crippen LogP contribution is -2.21. The number of hydrogen-bond acceptors (Lipinski definition) is 10. The van der Waals surface area contributed by atoms with Crippen LogP contribution in [0.4, 0.5) is 5.82 Å². The van der Waals surface area contributed by atoms with Gasteiger partial charge in [-0.3, -0.25) is 4.79 Å². The molecular formula is C18H15ClN8O2S2. The number of thioether (sulfide) groups is 1. The fourth-order valence-corrected chi connectivity index (χ4v) is 4.44. The molecule has 0 saturated carbocycles. The van der Waals surface area contributed by atoms with Crippen LogP contribution in [0.5, 0.6) is 0 Å². The van der Waals surface area contributed by atoms with Crippen molar-refractivity contribution in [2.75, 3.05) is 5.73 Å². The van der Waals surface area contributed by atoms with Crippen LogP contribution in [0.3, 0.4) is 0 Å². The number of thiophene rings is 1. The first-order valence-electron chi connectivity index (χ1n) is 8.84. The van der Waals surface area contributed by atoms with E-state index in [1.165, 1.54) is 27.8 Å². The molecule has 4 aromatic rings. The number of rotatable bonds is 7. The maximum absolute atomic E-state index is 12.8. The Morgan fingerprint density at radius 1 is 1.29 bits per heavy atom. The van der Waals surface area contributed by atoms with E-state index in [2.05, 4.69) is 35.8 Å². The molecule has 1 amide bonds. The van der Waals surface area contributed by atoms with Crippen LogP contribution in [0.25, 0.3) is 5.82 Å². The minimum atomic E-state index is -0.521. The Hall–Kier alpha value is -3.22. The highest BCUT2D eigenvalue weighted by Crippen LogP contribution is 2.26. The normalized spacial score (nSPS) is 11.6. The quantitative estimate of drug-likeness (QED) is 0.236. The SMILES string of the molecule is C/C(=N\NC(=O)c1nnn(-c2nonc2N)c1CSc1ccccc1)c1ccc(Cl)s1. The average Bonchev–Trinajstić information content (AvgIpc) is 3.50. The van der Waals surface area contributed by atoms with Gasteiger partial charge >= 0.3 is 0 Å². The van der Waals surface area contributed by atoms with Crippen molar-refractivity contribution in [2.24, 2.45) is 5.10 Å². The summed E-state index contributed by atoms with van der Waals surface area (Å²) in [5.74, 6) is 0.0382. The number of nitrogen functional groups attached to an aromatic ring is 1. The molecule has 3 aromatic heterocycles. The molecule has 31 heavy (non-hydrogen) atoms. The second-order valence-corrected chi connectivity index (χ2v) is 8.88. The number of aromatic nitrogens is 5. The first kappa shape index (κ1) is 21.0. The molecule has 0 unspecified atom stereocenters. The molecule has 0 fully saturated rings. The lowest BCUT2D eigenvalue weighted by atomic mass is 10.3. The second kappa shape index (κ2) is 9.29. The number of hydrazone groups is 1. The van der Waals surface area contributed by atoms with Crippen molar-refractivity contribution in [2.45, 2.75) is 17.6 Å². The van der Waals surface area contributed by atoms with Crippen LogP contribution in [-0.4, -0.2) is 36.9 Å². The number of amides is 1. The summed E-state index contributed by atoms with van der Waals surface area (Å²) in [5, 5.41) is 19.5. The van der Waals surface area contributed by atoms with Gasteiger partial charge in [0, 0.05) is 10.6 Å². The summed E-state index contributed by atoms with van der Waals surface area (Å²) >= 11 is 8.82. The Morgan fingerprint density at radius 3 is 2.77 bits per heavy atom. The number of hydrogen-bond donors (Lipinski definition) is 2. The summed E-state index contributed by atoms with van der Waals surface area (Å²) in [5.41, 5.74) is 9.50. The lowest BCUT2D eigenvalue weighted by molar-refractivity contribution is 0.0949. The van der Waals surface area contributed by atoms with E-state index in [1.54, 1.807) is 13.0 Å². The summed E-state index contributed by atoms with van der Waals surface area (Å²) in [6.07, 6.45) is 0. The molecular weight excluding hydrogens is 460 g/mol. The van der Waals surface area contributed by atoms with Crippen LogP contribution in [-0.2, 0) is 5.75 Å². The number of carbonyl (C=O) groups excluding carboxylic acids is 1.